The van der Waals surface area contributed by atoms with Crippen LogP contribution in [0, 0.1) is 6.92 Å². The zero-order chi connectivity index (χ0) is 12.5. The smallest absolute Gasteiger partial charge is 0.134 e. The lowest BCUT2D eigenvalue weighted by atomic mass is 10.1. The summed E-state index contributed by atoms with van der Waals surface area (Å²) in [6.45, 7) is 2.03. The van der Waals surface area contributed by atoms with Gasteiger partial charge in [-0.3, -0.25) is 4.98 Å². The molecule has 1 fully saturated rings. The molecule has 0 spiro atoms. The Labute approximate surface area is 107 Å². The van der Waals surface area contributed by atoms with E-state index in [0.717, 1.165) is 28.6 Å². The monoisotopic (exact) mass is 240 g/mol. The van der Waals surface area contributed by atoms with Crippen LogP contribution in [0.15, 0.2) is 24.4 Å². The Hall–Kier alpha value is -1.97. The molecule has 0 radical (unpaired) electrons. The van der Waals surface area contributed by atoms with Crippen molar-refractivity contribution in [1.29, 1.82) is 0 Å². The van der Waals surface area contributed by atoms with Crippen LogP contribution in [0.3, 0.4) is 0 Å². The summed E-state index contributed by atoms with van der Waals surface area (Å²) in [6, 6.07) is 5.89. The fraction of sp³-hybridized carbons (Fsp3) is 0.357. The van der Waals surface area contributed by atoms with Gasteiger partial charge in [0.2, 0.25) is 0 Å². The fourth-order valence-electron chi connectivity index (χ4n) is 2.05. The number of rotatable bonds is 3. The van der Waals surface area contributed by atoms with Crippen LogP contribution in [0.1, 0.15) is 30.1 Å². The predicted octanol–water partition coefficient (Wildman–Crippen LogP) is 2.77. The Morgan fingerprint density at radius 1 is 1.22 bits per heavy atom. The van der Waals surface area contributed by atoms with E-state index >= 15 is 0 Å². The molecule has 92 valence electrons. The Morgan fingerprint density at radius 3 is 2.67 bits per heavy atom. The largest absolute Gasteiger partial charge is 0.373 e. The molecule has 1 aliphatic rings. The van der Waals surface area contributed by atoms with Gasteiger partial charge in [-0.25, -0.2) is 9.97 Å². The lowest BCUT2D eigenvalue weighted by Gasteiger charge is -2.11. The quantitative estimate of drug-likeness (QED) is 0.896. The van der Waals surface area contributed by atoms with Gasteiger partial charge in [-0.15, -0.1) is 0 Å². The molecule has 18 heavy (non-hydrogen) atoms. The molecule has 4 nitrogen and oxygen atoms in total. The van der Waals surface area contributed by atoms with Gasteiger partial charge in [0.05, 0.1) is 11.4 Å². The van der Waals surface area contributed by atoms with Gasteiger partial charge in [-0.05, 0) is 31.9 Å². The molecular weight excluding hydrogens is 224 g/mol. The second-order valence-corrected chi connectivity index (χ2v) is 4.64. The highest BCUT2D eigenvalue weighted by Crippen LogP contribution is 2.39. The second-order valence-electron chi connectivity index (χ2n) is 4.64. The number of aromatic nitrogens is 3. The first-order valence-corrected chi connectivity index (χ1v) is 6.27. The number of hydrogen-bond donors (Lipinski definition) is 1. The van der Waals surface area contributed by atoms with Crippen LogP contribution in [0.25, 0.3) is 11.4 Å². The molecule has 1 aliphatic carbocycles. The number of nitrogens with zero attached hydrogens (tertiary/aromatic N) is 3. The van der Waals surface area contributed by atoms with E-state index in [0.29, 0.717) is 5.92 Å². The molecule has 2 heterocycles. The van der Waals surface area contributed by atoms with Crippen LogP contribution in [0.4, 0.5) is 5.82 Å². The van der Waals surface area contributed by atoms with Gasteiger partial charge in [0.25, 0.3) is 0 Å². The van der Waals surface area contributed by atoms with E-state index in [4.69, 9.17) is 4.98 Å². The van der Waals surface area contributed by atoms with E-state index in [1.807, 2.05) is 32.2 Å². The Bertz CT molecular complexity index is 562. The zero-order valence-corrected chi connectivity index (χ0v) is 10.6. The maximum Gasteiger partial charge on any atom is 0.134 e. The Balaban J connectivity index is 2.15. The predicted molar refractivity (Wildman–Crippen MR) is 71.5 cm³/mol. The van der Waals surface area contributed by atoms with Crippen LogP contribution in [-0.4, -0.2) is 22.0 Å². The maximum atomic E-state index is 4.70. The molecule has 0 unspecified atom stereocenters. The summed E-state index contributed by atoms with van der Waals surface area (Å²) in [5.41, 5.74) is 2.91. The zero-order valence-electron chi connectivity index (χ0n) is 10.6. The molecule has 0 aliphatic heterocycles. The number of hydrogen-bond acceptors (Lipinski definition) is 4. The van der Waals surface area contributed by atoms with Crippen molar-refractivity contribution >= 4 is 5.82 Å². The highest BCUT2D eigenvalue weighted by atomic mass is 15.0. The third-order valence-corrected chi connectivity index (χ3v) is 3.25. The van der Waals surface area contributed by atoms with Gasteiger partial charge in [0, 0.05) is 24.7 Å². The van der Waals surface area contributed by atoms with E-state index in [1.54, 1.807) is 6.20 Å². The van der Waals surface area contributed by atoms with Crippen LogP contribution in [0.2, 0.25) is 0 Å². The van der Waals surface area contributed by atoms with Gasteiger partial charge in [-0.2, -0.15) is 0 Å². The minimum atomic E-state index is 0.542. The summed E-state index contributed by atoms with van der Waals surface area (Å²) in [5, 5.41) is 3.15. The van der Waals surface area contributed by atoms with E-state index in [2.05, 4.69) is 15.3 Å². The molecule has 2 aromatic heterocycles. The van der Waals surface area contributed by atoms with E-state index in [-0.39, 0.29) is 0 Å². The molecule has 3 rings (SSSR count). The molecule has 0 saturated heterocycles. The molecule has 0 bridgehead atoms. The molecule has 0 atom stereocenters. The Kier molecular flexibility index (Phi) is 2.70. The van der Waals surface area contributed by atoms with E-state index < -0.39 is 0 Å². The lowest BCUT2D eigenvalue weighted by molar-refractivity contribution is 0.921. The normalized spacial score (nSPS) is 14.6. The van der Waals surface area contributed by atoms with Gasteiger partial charge in [0.1, 0.15) is 11.6 Å². The highest BCUT2D eigenvalue weighted by molar-refractivity contribution is 5.65. The van der Waals surface area contributed by atoms with Crippen molar-refractivity contribution in [2.75, 3.05) is 12.4 Å². The van der Waals surface area contributed by atoms with Gasteiger partial charge < -0.3 is 5.32 Å². The fourth-order valence-corrected chi connectivity index (χ4v) is 2.05. The summed E-state index contributed by atoms with van der Waals surface area (Å²) in [5.74, 6) is 2.40. The van der Waals surface area contributed by atoms with Crippen molar-refractivity contribution in [3.05, 3.63) is 35.8 Å². The van der Waals surface area contributed by atoms with Crippen molar-refractivity contribution in [1.82, 2.24) is 15.0 Å². The van der Waals surface area contributed by atoms with E-state index in [9.17, 15) is 0 Å². The van der Waals surface area contributed by atoms with E-state index in [1.165, 1.54) is 12.8 Å². The molecule has 0 aromatic carbocycles. The minimum absolute atomic E-state index is 0.542. The SMILES string of the molecule is CNc1nc(C2CC2)nc(-c2ccccn2)c1C. The van der Waals surface area contributed by atoms with Crippen molar-refractivity contribution in [3.63, 3.8) is 0 Å². The lowest BCUT2D eigenvalue weighted by Crippen LogP contribution is -2.05. The second kappa shape index (κ2) is 4.37. The number of anilines is 1. The van der Waals surface area contributed by atoms with Crippen molar-refractivity contribution in [2.45, 2.75) is 25.7 Å². The standard InChI is InChI=1S/C14H16N4/c1-9-12(11-5-3-4-8-16-11)17-14(10-6-7-10)18-13(9)15-2/h3-5,8,10H,6-7H2,1-2H3,(H,15,17,18). The van der Waals surface area contributed by atoms with Crippen molar-refractivity contribution in [3.8, 4) is 11.4 Å². The first kappa shape index (κ1) is 11.1. The average molecular weight is 240 g/mol. The molecule has 0 amide bonds. The minimum Gasteiger partial charge on any atom is -0.373 e. The average Bonchev–Trinajstić information content (AvgIpc) is 3.24. The van der Waals surface area contributed by atoms with Crippen LogP contribution < -0.4 is 5.32 Å². The number of pyridine rings is 1. The van der Waals surface area contributed by atoms with Crippen LogP contribution in [0.5, 0.6) is 0 Å². The highest BCUT2D eigenvalue weighted by Gasteiger charge is 2.28. The first-order valence-electron chi connectivity index (χ1n) is 6.27. The van der Waals surface area contributed by atoms with Gasteiger partial charge in [-0.1, -0.05) is 6.07 Å². The molecule has 1 N–H and O–H groups in total. The van der Waals surface area contributed by atoms with Crippen LogP contribution in [-0.2, 0) is 0 Å². The summed E-state index contributed by atoms with van der Waals surface area (Å²) in [6.07, 6.45) is 4.20. The maximum absolute atomic E-state index is 4.70. The third-order valence-electron chi connectivity index (χ3n) is 3.25. The van der Waals surface area contributed by atoms with Gasteiger partial charge >= 0.3 is 0 Å². The van der Waals surface area contributed by atoms with Crippen molar-refractivity contribution < 1.29 is 0 Å². The van der Waals surface area contributed by atoms with Gasteiger partial charge in [0.15, 0.2) is 0 Å². The Morgan fingerprint density at radius 2 is 2.06 bits per heavy atom. The summed E-state index contributed by atoms with van der Waals surface area (Å²) in [4.78, 5) is 13.7. The molecular formula is C14H16N4. The third kappa shape index (κ3) is 1.94. The first-order chi connectivity index (χ1) is 8.79. The topological polar surface area (TPSA) is 50.7 Å². The van der Waals surface area contributed by atoms with Crippen molar-refractivity contribution in [2.24, 2.45) is 0 Å². The molecule has 2 aromatic rings. The molecule has 1 saturated carbocycles. The molecule has 4 heteroatoms. The summed E-state index contributed by atoms with van der Waals surface area (Å²) < 4.78 is 0. The number of nitrogens with one attached hydrogen (secondary N) is 1. The summed E-state index contributed by atoms with van der Waals surface area (Å²) >= 11 is 0. The summed E-state index contributed by atoms with van der Waals surface area (Å²) in [7, 11) is 1.90. The van der Waals surface area contributed by atoms with Crippen LogP contribution >= 0.6 is 0 Å².